The average molecular weight is 237 g/mol. The molecule has 0 atom stereocenters. The summed E-state index contributed by atoms with van der Waals surface area (Å²) in [7, 11) is 0. The SMILES string of the molecule is NC(=O)c1n[nH]c(Cc2ccccc2Cl)n1. The standard InChI is InChI=1S/C10H9ClN4O/c11-7-4-2-1-3-6(7)5-8-13-10(9(12)16)15-14-8/h1-4H,5H2,(H2,12,16)(H,13,14,15). The van der Waals surface area contributed by atoms with Gasteiger partial charge in [0.25, 0.3) is 5.91 Å². The summed E-state index contributed by atoms with van der Waals surface area (Å²) in [6.07, 6.45) is 0.486. The zero-order valence-corrected chi connectivity index (χ0v) is 9.03. The Labute approximate surface area is 96.6 Å². The molecule has 5 nitrogen and oxygen atoms in total. The third-order valence-corrected chi connectivity index (χ3v) is 2.44. The Bertz CT molecular complexity index is 523. The van der Waals surface area contributed by atoms with Gasteiger partial charge in [0.05, 0.1) is 0 Å². The van der Waals surface area contributed by atoms with Gasteiger partial charge in [0.2, 0.25) is 5.82 Å². The first-order valence-corrected chi connectivity index (χ1v) is 4.99. The van der Waals surface area contributed by atoms with Crippen LogP contribution in [0.5, 0.6) is 0 Å². The van der Waals surface area contributed by atoms with E-state index in [-0.39, 0.29) is 5.82 Å². The van der Waals surface area contributed by atoms with Crippen LogP contribution >= 0.6 is 11.6 Å². The Morgan fingerprint density at radius 1 is 1.44 bits per heavy atom. The van der Waals surface area contributed by atoms with Gasteiger partial charge < -0.3 is 5.73 Å². The van der Waals surface area contributed by atoms with E-state index < -0.39 is 5.91 Å². The van der Waals surface area contributed by atoms with Gasteiger partial charge in [-0.3, -0.25) is 9.89 Å². The number of amides is 1. The largest absolute Gasteiger partial charge is 0.363 e. The zero-order chi connectivity index (χ0) is 11.5. The summed E-state index contributed by atoms with van der Waals surface area (Å²) >= 11 is 5.99. The molecule has 1 amide bonds. The number of nitrogens with zero attached hydrogens (tertiary/aromatic N) is 2. The maximum Gasteiger partial charge on any atom is 0.288 e. The summed E-state index contributed by atoms with van der Waals surface area (Å²) in [5, 5.41) is 6.98. The molecule has 0 saturated carbocycles. The zero-order valence-electron chi connectivity index (χ0n) is 8.27. The lowest BCUT2D eigenvalue weighted by Crippen LogP contribution is -2.12. The van der Waals surface area contributed by atoms with Gasteiger partial charge >= 0.3 is 0 Å². The summed E-state index contributed by atoms with van der Waals surface area (Å²) in [5.74, 6) is -0.106. The van der Waals surface area contributed by atoms with Crippen LogP contribution in [0.15, 0.2) is 24.3 Å². The van der Waals surface area contributed by atoms with Gasteiger partial charge in [-0.25, -0.2) is 4.98 Å². The lowest BCUT2D eigenvalue weighted by Gasteiger charge is -1.99. The molecule has 16 heavy (non-hydrogen) atoms. The number of benzene rings is 1. The average Bonchev–Trinajstić information content (AvgIpc) is 2.70. The molecule has 6 heteroatoms. The van der Waals surface area contributed by atoms with Crippen molar-refractivity contribution in [3.05, 3.63) is 46.5 Å². The van der Waals surface area contributed by atoms with Gasteiger partial charge in [0.1, 0.15) is 5.82 Å². The molecule has 2 aromatic rings. The highest BCUT2D eigenvalue weighted by Gasteiger charge is 2.09. The highest BCUT2D eigenvalue weighted by atomic mass is 35.5. The molecule has 0 fully saturated rings. The van der Waals surface area contributed by atoms with Crippen molar-refractivity contribution in [3.8, 4) is 0 Å². The number of carbonyl (C=O) groups excluding carboxylic acids is 1. The Morgan fingerprint density at radius 3 is 2.81 bits per heavy atom. The van der Waals surface area contributed by atoms with Crippen LogP contribution < -0.4 is 5.73 Å². The van der Waals surface area contributed by atoms with Crippen molar-refractivity contribution in [2.75, 3.05) is 0 Å². The molecule has 1 aromatic carbocycles. The van der Waals surface area contributed by atoms with E-state index in [0.717, 1.165) is 5.56 Å². The topological polar surface area (TPSA) is 84.7 Å². The number of aromatic nitrogens is 3. The van der Waals surface area contributed by atoms with E-state index in [4.69, 9.17) is 17.3 Å². The number of hydrogen-bond donors (Lipinski definition) is 2. The molecule has 0 spiro atoms. The predicted octanol–water partition coefficient (Wildman–Crippen LogP) is 1.15. The molecule has 2 rings (SSSR count). The summed E-state index contributed by atoms with van der Waals surface area (Å²) < 4.78 is 0. The van der Waals surface area contributed by atoms with Crippen molar-refractivity contribution in [3.63, 3.8) is 0 Å². The van der Waals surface area contributed by atoms with Gasteiger partial charge in [-0.1, -0.05) is 29.8 Å². The Morgan fingerprint density at radius 2 is 2.19 bits per heavy atom. The second kappa shape index (κ2) is 4.32. The van der Waals surface area contributed by atoms with Crippen molar-refractivity contribution in [2.45, 2.75) is 6.42 Å². The lowest BCUT2D eigenvalue weighted by atomic mass is 10.1. The van der Waals surface area contributed by atoms with Gasteiger partial charge in [-0.15, -0.1) is 5.10 Å². The van der Waals surface area contributed by atoms with Gasteiger partial charge in [-0.2, -0.15) is 0 Å². The molecule has 0 saturated heterocycles. The van der Waals surface area contributed by atoms with E-state index in [1.807, 2.05) is 18.2 Å². The Hall–Kier alpha value is -1.88. The minimum atomic E-state index is -0.651. The minimum Gasteiger partial charge on any atom is -0.363 e. The van der Waals surface area contributed by atoms with E-state index in [1.54, 1.807) is 6.07 Å². The number of nitrogens with one attached hydrogen (secondary N) is 1. The van der Waals surface area contributed by atoms with Crippen LogP contribution in [0.1, 0.15) is 22.0 Å². The number of primary amides is 1. The first-order chi connectivity index (χ1) is 7.66. The van der Waals surface area contributed by atoms with Crippen LogP contribution in [-0.4, -0.2) is 21.1 Å². The quantitative estimate of drug-likeness (QED) is 0.838. The summed E-state index contributed by atoms with van der Waals surface area (Å²) in [4.78, 5) is 14.7. The fourth-order valence-electron chi connectivity index (χ4n) is 1.31. The number of hydrogen-bond acceptors (Lipinski definition) is 3. The normalized spacial score (nSPS) is 10.3. The van der Waals surface area contributed by atoms with E-state index in [9.17, 15) is 4.79 Å². The van der Waals surface area contributed by atoms with Crippen LogP contribution in [0, 0.1) is 0 Å². The Balaban J connectivity index is 2.21. The first-order valence-electron chi connectivity index (χ1n) is 4.61. The summed E-state index contributed by atoms with van der Waals surface area (Å²) in [6, 6.07) is 7.41. The van der Waals surface area contributed by atoms with Crippen molar-refractivity contribution < 1.29 is 4.79 Å². The third-order valence-electron chi connectivity index (χ3n) is 2.07. The van der Waals surface area contributed by atoms with Gasteiger partial charge in [-0.05, 0) is 11.6 Å². The van der Waals surface area contributed by atoms with Crippen molar-refractivity contribution >= 4 is 17.5 Å². The molecule has 0 aliphatic carbocycles. The molecule has 82 valence electrons. The Kier molecular flexibility index (Phi) is 2.87. The first kappa shape index (κ1) is 10.6. The maximum absolute atomic E-state index is 10.8. The fraction of sp³-hybridized carbons (Fsp3) is 0.100. The van der Waals surface area contributed by atoms with Crippen LogP contribution in [0.3, 0.4) is 0 Å². The molecule has 3 N–H and O–H groups in total. The number of rotatable bonds is 3. The van der Waals surface area contributed by atoms with Crippen LogP contribution in [-0.2, 0) is 6.42 Å². The number of aromatic amines is 1. The van der Waals surface area contributed by atoms with Crippen molar-refractivity contribution in [1.29, 1.82) is 0 Å². The molecule has 0 unspecified atom stereocenters. The molecule has 0 radical (unpaired) electrons. The molecule has 0 bridgehead atoms. The van der Waals surface area contributed by atoms with E-state index in [1.165, 1.54) is 0 Å². The lowest BCUT2D eigenvalue weighted by molar-refractivity contribution is 0.0991. The second-order valence-corrected chi connectivity index (χ2v) is 3.65. The molecular weight excluding hydrogens is 228 g/mol. The number of H-pyrrole nitrogens is 1. The smallest absolute Gasteiger partial charge is 0.288 e. The summed E-state index contributed by atoms with van der Waals surface area (Å²) in [5.41, 5.74) is 5.95. The fourth-order valence-corrected chi connectivity index (χ4v) is 1.51. The van der Waals surface area contributed by atoms with Gasteiger partial charge in [0, 0.05) is 11.4 Å². The third kappa shape index (κ3) is 2.20. The number of halogens is 1. The minimum absolute atomic E-state index is 0.0120. The number of carbonyl (C=O) groups is 1. The number of nitrogens with two attached hydrogens (primary N) is 1. The van der Waals surface area contributed by atoms with Gasteiger partial charge in [0.15, 0.2) is 0 Å². The molecule has 1 heterocycles. The molecule has 0 aliphatic rings. The van der Waals surface area contributed by atoms with Crippen LogP contribution in [0.25, 0.3) is 0 Å². The van der Waals surface area contributed by atoms with E-state index >= 15 is 0 Å². The maximum atomic E-state index is 10.8. The van der Waals surface area contributed by atoms with E-state index in [0.29, 0.717) is 17.3 Å². The molecule has 0 aliphatic heterocycles. The van der Waals surface area contributed by atoms with Crippen LogP contribution in [0.2, 0.25) is 5.02 Å². The highest BCUT2D eigenvalue weighted by Crippen LogP contribution is 2.17. The van der Waals surface area contributed by atoms with E-state index in [2.05, 4.69) is 15.2 Å². The molecule has 1 aromatic heterocycles. The second-order valence-electron chi connectivity index (χ2n) is 3.24. The highest BCUT2D eigenvalue weighted by molar-refractivity contribution is 6.31. The predicted molar refractivity (Wildman–Crippen MR) is 59.2 cm³/mol. The molecular formula is C10H9ClN4O. The van der Waals surface area contributed by atoms with Crippen molar-refractivity contribution in [1.82, 2.24) is 15.2 Å². The summed E-state index contributed by atoms with van der Waals surface area (Å²) in [6.45, 7) is 0. The van der Waals surface area contributed by atoms with Crippen molar-refractivity contribution in [2.24, 2.45) is 5.73 Å². The monoisotopic (exact) mass is 236 g/mol. The van der Waals surface area contributed by atoms with Crippen LogP contribution in [0.4, 0.5) is 0 Å².